The highest BCUT2D eigenvalue weighted by Gasteiger charge is 2.13. The highest BCUT2D eigenvalue weighted by atomic mass is 16.6. The van der Waals surface area contributed by atoms with Crippen molar-refractivity contribution in [3.63, 3.8) is 0 Å². The first kappa shape index (κ1) is 19.0. The fourth-order valence-electron chi connectivity index (χ4n) is 1.99. The number of benzene rings is 2. The molecule has 0 saturated heterocycles. The van der Waals surface area contributed by atoms with E-state index in [1.807, 2.05) is 35.6 Å². The molecule has 0 radical (unpaired) electrons. The van der Waals surface area contributed by atoms with Crippen molar-refractivity contribution in [2.45, 2.75) is 13.5 Å². The smallest absolute Gasteiger partial charge is 0.413 e. The van der Waals surface area contributed by atoms with Crippen molar-refractivity contribution in [2.75, 3.05) is 13.2 Å². The minimum absolute atomic E-state index is 0.134. The minimum atomic E-state index is -0.884. The van der Waals surface area contributed by atoms with E-state index < -0.39 is 24.6 Å². The van der Waals surface area contributed by atoms with Gasteiger partial charge in [-0.15, -0.1) is 0 Å². The molecule has 0 spiro atoms. The Bertz CT molecular complexity index is 760. The number of hydrogen-bond acceptors (Lipinski definition) is 6. The Morgan fingerprint density at radius 2 is 1.73 bits per heavy atom. The van der Waals surface area contributed by atoms with Crippen LogP contribution in [0.5, 0.6) is 5.75 Å². The molecule has 0 heterocycles. The quantitative estimate of drug-likeness (QED) is 0.766. The minimum Gasteiger partial charge on any atom is -0.489 e. The van der Waals surface area contributed by atoms with Crippen LogP contribution in [0.3, 0.4) is 0 Å². The lowest BCUT2D eigenvalue weighted by atomic mass is 10.2. The van der Waals surface area contributed by atoms with E-state index in [0.717, 1.165) is 5.56 Å². The predicted octanol–water partition coefficient (Wildman–Crippen LogP) is 2.70. The third-order valence-electron chi connectivity index (χ3n) is 3.17. The van der Waals surface area contributed by atoms with Gasteiger partial charge in [0.1, 0.15) is 12.4 Å². The van der Waals surface area contributed by atoms with Crippen molar-refractivity contribution < 1.29 is 28.6 Å². The second-order valence-electron chi connectivity index (χ2n) is 5.15. The number of rotatable bonds is 7. The van der Waals surface area contributed by atoms with E-state index in [9.17, 15) is 14.4 Å². The first-order valence-electron chi connectivity index (χ1n) is 7.99. The zero-order valence-electron chi connectivity index (χ0n) is 14.3. The number of carbonyl (C=O) groups excluding carboxylic acids is 3. The number of amides is 2. The monoisotopic (exact) mass is 357 g/mol. The van der Waals surface area contributed by atoms with E-state index in [2.05, 4.69) is 4.74 Å². The molecule has 0 aliphatic carbocycles. The van der Waals surface area contributed by atoms with Gasteiger partial charge in [0, 0.05) is 0 Å². The number of alkyl carbamates (subject to hydrolysis) is 1. The summed E-state index contributed by atoms with van der Waals surface area (Å²) >= 11 is 0. The lowest BCUT2D eigenvalue weighted by Gasteiger charge is -2.09. The molecule has 0 saturated carbocycles. The van der Waals surface area contributed by atoms with Crippen molar-refractivity contribution in [1.82, 2.24) is 5.32 Å². The van der Waals surface area contributed by atoms with Crippen LogP contribution < -0.4 is 10.1 Å². The molecular weight excluding hydrogens is 338 g/mol. The molecule has 0 aromatic heterocycles. The van der Waals surface area contributed by atoms with Gasteiger partial charge in [-0.2, -0.15) is 0 Å². The van der Waals surface area contributed by atoms with Crippen molar-refractivity contribution in [3.05, 3.63) is 65.7 Å². The molecule has 2 rings (SSSR count). The lowest BCUT2D eigenvalue weighted by Crippen LogP contribution is -2.34. The Morgan fingerprint density at radius 3 is 2.46 bits per heavy atom. The summed E-state index contributed by atoms with van der Waals surface area (Å²) in [6.45, 7) is 1.51. The van der Waals surface area contributed by atoms with Crippen LogP contribution in [-0.4, -0.2) is 31.2 Å². The Balaban J connectivity index is 1.85. The second kappa shape index (κ2) is 9.83. The number of nitrogens with one attached hydrogen (secondary N) is 1. The summed E-state index contributed by atoms with van der Waals surface area (Å²) in [5.41, 5.74) is 1.23. The Kier molecular flexibility index (Phi) is 7.17. The fourth-order valence-corrected chi connectivity index (χ4v) is 1.99. The molecule has 0 aliphatic rings. The number of esters is 1. The van der Waals surface area contributed by atoms with Crippen LogP contribution in [0.1, 0.15) is 22.8 Å². The molecule has 0 atom stereocenters. The molecule has 7 nitrogen and oxygen atoms in total. The van der Waals surface area contributed by atoms with Gasteiger partial charge in [-0.1, -0.05) is 36.4 Å². The maximum Gasteiger partial charge on any atom is 0.413 e. The van der Waals surface area contributed by atoms with Gasteiger partial charge in [-0.3, -0.25) is 10.1 Å². The van der Waals surface area contributed by atoms with Crippen molar-refractivity contribution in [2.24, 2.45) is 0 Å². The molecule has 26 heavy (non-hydrogen) atoms. The van der Waals surface area contributed by atoms with Crippen LogP contribution in [0.25, 0.3) is 0 Å². The molecule has 0 aliphatic heterocycles. The van der Waals surface area contributed by atoms with Crippen LogP contribution in [0.4, 0.5) is 4.79 Å². The maximum absolute atomic E-state index is 12.0. The second-order valence-corrected chi connectivity index (χ2v) is 5.15. The molecule has 1 N–H and O–H groups in total. The van der Waals surface area contributed by atoms with Crippen molar-refractivity contribution >= 4 is 18.0 Å². The molecular formula is C19H19NO6. The first-order chi connectivity index (χ1) is 12.6. The largest absolute Gasteiger partial charge is 0.489 e. The normalized spacial score (nSPS) is 9.88. The summed E-state index contributed by atoms with van der Waals surface area (Å²) in [6.07, 6.45) is -0.884. The van der Waals surface area contributed by atoms with E-state index in [-0.39, 0.29) is 12.2 Å². The number of imide groups is 1. The van der Waals surface area contributed by atoms with Crippen LogP contribution in [-0.2, 0) is 20.9 Å². The third-order valence-corrected chi connectivity index (χ3v) is 3.17. The van der Waals surface area contributed by atoms with E-state index in [0.29, 0.717) is 12.4 Å². The molecule has 0 fully saturated rings. The summed E-state index contributed by atoms with van der Waals surface area (Å²) < 4.78 is 15.1. The van der Waals surface area contributed by atoms with Gasteiger partial charge in [0.05, 0.1) is 12.2 Å². The summed E-state index contributed by atoms with van der Waals surface area (Å²) in [5.74, 6) is -0.971. The Morgan fingerprint density at radius 1 is 0.962 bits per heavy atom. The zero-order valence-corrected chi connectivity index (χ0v) is 14.3. The van der Waals surface area contributed by atoms with E-state index in [4.69, 9.17) is 9.47 Å². The molecule has 2 amide bonds. The Hall–Kier alpha value is -3.35. The Labute approximate surface area is 150 Å². The number of hydrogen-bond donors (Lipinski definition) is 1. The zero-order chi connectivity index (χ0) is 18.8. The van der Waals surface area contributed by atoms with Crippen molar-refractivity contribution in [1.29, 1.82) is 0 Å². The van der Waals surface area contributed by atoms with Crippen LogP contribution in [0, 0.1) is 0 Å². The topological polar surface area (TPSA) is 90.9 Å². The van der Waals surface area contributed by atoms with Gasteiger partial charge in [-0.05, 0) is 30.7 Å². The van der Waals surface area contributed by atoms with Gasteiger partial charge in [0.15, 0.2) is 6.61 Å². The highest BCUT2D eigenvalue weighted by Crippen LogP contribution is 2.16. The number of carbonyl (C=O) groups is 3. The van der Waals surface area contributed by atoms with Crippen LogP contribution in [0.15, 0.2) is 54.6 Å². The van der Waals surface area contributed by atoms with Crippen molar-refractivity contribution in [3.8, 4) is 5.75 Å². The first-order valence-corrected chi connectivity index (χ1v) is 7.99. The van der Waals surface area contributed by atoms with Crippen LogP contribution in [0.2, 0.25) is 0 Å². The summed E-state index contributed by atoms with van der Waals surface area (Å²) in [6, 6.07) is 16.0. The molecule has 136 valence electrons. The maximum atomic E-state index is 12.0. The van der Waals surface area contributed by atoms with Gasteiger partial charge in [0.2, 0.25) is 0 Å². The van der Waals surface area contributed by atoms with E-state index in [1.54, 1.807) is 25.1 Å². The van der Waals surface area contributed by atoms with Gasteiger partial charge < -0.3 is 14.2 Å². The standard InChI is InChI=1S/C19H19NO6/c1-2-24-19(23)20-17(21)13-26-18(22)15-9-6-10-16(11-15)25-12-14-7-4-3-5-8-14/h3-11H,2,12-13H2,1H3,(H,20,21,23). The molecule has 0 unspecified atom stereocenters. The lowest BCUT2D eigenvalue weighted by molar-refractivity contribution is -0.123. The third kappa shape index (κ3) is 6.27. The average Bonchev–Trinajstić information content (AvgIpc) is 2.65. The summed E-state index contributed by atoms with van der Waals surface area (Å²) in [5, 5.41) is 1.94. The van der Waals surface area contributed by atoms with Gasteiger partial charge in [-0.25, -0.2) is 9.59 Å². The fraction of sp³-hybridized carbons (Fsp3) is 0.211. The molecule has 0 bridgehead atoms. The van der Waals surface area contributed by atoms with E-state index >= 15 is 0 Å². The molecule has 2 aromatic carbocycles. The molecule has 7 heteroatoms. The molecule has 2 aromatic rings. The average molecular weight is 357 g/mol. The summed E-state index contributed by atoms with van der Waals surface area (Å²) in [7, 11) is 0. The van der Waals surface area contributed by atoms with Crippen LogP contribution >= 0.6 is 0 Å². The summed E-state index contributed by atoms with van der Waals surface area (Å²) in [4.78, 5) is 34.6. The number of ether oxygens (including phenoxy) is 3. The predicted molar refractivity (Wildman–Crippen MR) is 92.7 cm³/mol. The van der Waals surface area contributed by atoms with E-state index in [1.165, 1.54) is 6.07 Å². The highest BCUT2D eigenvalue weighted by molar-refractivity contribution is 5.95. The van der Waals surface area contributed by atoms with Gasteiger partial charge >= 0.3 is 12.1 Å². The SMILES string of the molecule is CCOC(=O)NC(=O)COC(=O)c1cccc(OCc2ccccc2)c1. The van der Waals surface area contributed by atoms with Gasteiger partial charge in [0.25, 0.3) is 5.91 Å².